The Morgan fingerprint density at radius 1 is 1.18 bits per heavy atom. The van der Waals surface area contributed by atoms with Crippen LogP contribution in [0, 0.1) is 5.92 Å². The summed E-state index contributed by atoms with van der Waals surface area (Å²) in [5.41, 5.74) is 2.36. The predicted molar refractivity (Wildman–Crippen MR) is 153 cm³/mol. The van der Waals surface area contributed by atoms with Crippen molar-refractivity contribution in [1.29, 1.82) is 0 Å². The number of carbonyl (C=O) groups excluding carboxylic acids is 1. The molecule has 0 spiro atoms. The molecule has 5 aromatic rings. The third kappa shape index (κ3) is 4.46. The number of thioether (sulfide) groups is 1. The maximum atomic E-state index is 14.0. The van der Waals surface area contributed by atoms with Gasteiger partial charge in [0.15, 0.2) is 5.16 Å². The first-order valence-corrected chi connectivity index (χ1v) is 14.4. The van der Waals surface area contributed by atoms with E-state index in [1.54, 1.807) is 71.5 Å². The van der Waals surface area contributed by atoms with Gasteiger partial charge >= 0.3 is 0 Å². The number of rotatable bonds is 6. The van der Waals surface area contributed by atoms with Crippen LogP contribution in [0.1, 0.15) is 23.8 Å². The molecule has 1 amide bonds. The fraction of sp³-hybridized carbons (Fsp3) is 0.259. The van der Waals surface area contributed by atoms with Gasteiger partial charge in [-0.15, -0.1) is 21.5 Å². The van der Waals surface area contributed by atoms with E-state index in [4.69, 9.17) is 16.3 Å². The number of anilines is 1. The summed E-state index contributed by atoms with van der Waals surface area (Å²) in [5.74, 6) is 1.61. The van der Waals surface area contributed by atoms with Gasteiger partial charge in [-0.3, -0.25) is 9.59 Å². The molecule has 0 aliphatic heterocycles. The van der Waals surface area contributed by atoms with Crippen LogP contribution in [0.3, 0.4) is 0 Å². The number of fused-ring (bicyclic) bond motifs is 5. The van der Waals surface area contributed by atoms with Gasteiger partial charge in [-0.1, -0.05) is 30.3 Å². The van der Waals surface area contributed by atoms with E-state index in [0.717, 1.165) is 35.4 Å². The molecule has 2 aromatic carbocycles. The maximum absolute atomic E-state index is 14.0. The summed E-state index contributed by atoms with van der Waals surface area (Å²) in [5, 5.41) is 13.6. The molecular weight excluding hydrogens is 542 g/mol. The van der Waals surface area contributed by atoms with E-state index in [2.05, 4.69) is 22.4 Å². The Labute approximate surface area is 231 Å². The first kappa shape index (κ1) is 25.0. The van der Waals surface area contributed by atoms with Crippen molar-refractivity contribution in [3.63, 3.8) is 0 Å². The van der Waals surface area contributed by atoms with Crippen molar-refractivity contribution in [3.05, 3.63) is 74.3 Å². The molecule has 0 saturated carbocycles. The Kier molecular flexibility index (Phi) is 6.63. The molecule has 6 rings (SSSR count). The molecule has 8 nitrogen and oxygen atoms in total. The number of nitrogens with one attached hydrogen (secondary N) is 1. The number of benzene rings is 2. The summed E-state index contributed by atoms with van der Waals surface area (Å²) < 4.78 is 8.69. The van der Waals surface area contributed by atoms with Crippen molar-refractivity contribution in [2.45, 2.75) is 31.3 Å². The van der Waals surface area contributed by atoms with Gasteiger partial charge < -0.3 is 10.1 Å². The number of thiophene rings is 1. The topological polar surface area (TPSA) is 90.5 Å². The van der Waals surface area contributed by atoms with Gasteiger partial charge in [-0.2, -0.15) is 0 Å². The van der Waals surface area contributed by atoms with E-state index < -0.39 is 0 Å². The van der Waals surface area contributed by atoms with E-state index >= 15 is 0 Å². The van der Waals surface area contributed by atoms with Crippen LogP contribution in [0.15, 0.2) is 58.5 Å². The molecule has 3 aromatic heterocycles. The molecule has 1 atom stereocenters. The summed E-state index contributed by atoms with van der Waals surface area (Å²) in [6.45, 7) is 2.23. The summed E-state index contributed by atoms with van der Waals surface area (Å²) in [4.78, 5) is 28.8. The van der Waals surface area contributed by atoms with Gasteiger partial charge in [0.1, 0.15) is 10.6 Å². The lowest BCUT2D eigenvalue weighted by atomic mass is 9.89. The molecule has 0 fully saturated rings. The third-order valence-corrected chi connectivity index (χ3v) is 9.17. The van der Waals surface area contributed by atoms with Crippen molar-refractivity contribution in [3.8, 4) is 11.4 Å². The number of ether oxygens (including phenoxy) is 1. The van der Waals surface area contributed by atoms with Crippen molar-refractivity contribution in [2.75, 3.05) is 18.2 Å². The van der Waals surface area contributed by atoms with Crippen LogP contribution in [0.2, 0.25) is 5.02 Å². The summed E-state index contributed by atoms with van der Waals surface area (Å²) >= 11 is 9.05. The molecule has 1 aliphatic rings. The van der Waals surface area contributed by atoms with Crippen LogP contribution in [-0.2, 0) is 17.6 Å². The minimum absolute atomic E-state index is 0.109. The van der Waals surface area contributed by atoms with Crippen LogP contribution in [-0.4, -0.2) is 37.9 Å². The monoisotopic (exact) mass is 565 g/mol. The van der Waals surface area contributed by atoms with E-state index in [9.17, 15) is 9.59 Å². The molecule has 3 heterocycles. The first-order chi connectivity index (χ1) is 18.4. The molecule has 11 heteroatoms. The van der Waals surface area contributed by atoms with Crippen molar-refractivity contribution >= 4 is 62.3 Å². The van der Waals surface area contributed by atoms with Gasteiger partial charge in [-0.05, 0) is 79.3 Å². The second-order valence-electron chi connectivity index (χ2n) is 9.33. The molecule has 0 bridgehead atoms. The summed E-state index contributed by atoms with van der Waals surface area (Å²) in [6, 6.07) is 14.3. The highest BCUT2D eigenvalue weighted by molar-refractivity contribution is 7.99. The van der Waals surface area contributed by atoms with Gasteiger partial charge in [0, 0.05) is 15.6 Å². The van der Waals surface area contributed by atoms with Crippen LogP contribution in [0.5, 0.6) is 5.75 Å². The number of aryl methyl sites for hydroxylation is 1. The average molecular weight is 566 g/mol. The Balaban J connectivity index is 1.42. The summed E-state index contributed by atoms with van der Waals surface area (Å²) in [6.07, 6.45) is 2.92. The highest BCUT2D eigenvalue weighted by Crippen LogP contribution is 2.38. The lowest BCUT2D eigenvalue weighted by Gasteiger charge is -2.18. The fourth-order valence-electron chi connectivity index (χ4n) is 4.83. The quantitative estimate of drug-likeness (QED) is 0.269. The van der Waals surface area contributed by atoms with Crippen molar-refractivity contribution in [2.24, 2.45) is 5.92 Å². The minimum Gasteiger partial charge on any atom is -0.497 e. The SMILES string of the molecule is COc1ccc(NC(=O)CSc2nnc3n(-c4ccc(Cl)cc4)c(=O)c4c5c(sc4n23)CC[C@@H](C)C5)cc1. The first-order valence-electron chi connectivity index (χ1n) is 12.2. The lowest BCUT2D eigenvalue weighted by Crippen LogP contribution is -2.23. The number of aromatic nitrogens is 4. The van der Waals surface area contributed by atoms with Crippen LogP contribution in [0.4, 0.5) is 5.69 Å². The molecular formula is C27H24ClN5O3S2. The Hall–Kier alpha value is -3.34. The molecule has 38 heavy (non-hydrogen) atoms. The highest BCUT2D eigenvalue weighted by Gasteiger charge is 2.27. The number of halogens is 1. The van der Waals surface area contributed by atoms with E-state index in [-0.39, 0.29) is 17.2 Å². The van der Waals surface area contributed by atoms with Crippen molar-refractivity contribution in [1.82, 2.24) is 19.2 Å². The van der Waals surface area contributed by atoms with Gasteiger partial charge in [0.05, 0.1) is 23.9 Å². The zero-order chi connectivity index (χ0) is 26.4. The maximum Gasteiger partial charge on any atom is 0.268 e. The number of hydrogen-bond acceptors (Lipinski definition) is 7. The minimum atomic E-state index is -0.168. The molecule has 194 valence electrons. The van der Waals surface area contributed by atoms with Crippen LogP contribution < -0.4 is 15.6 Å². The van der Waals surface area contributed by atoms with Gasteiger partial charge in [-0.25, -0.2) is 8.97 Å². The summed E-state index contributed by atoms with van der Waals surface area (Å²) in [7, 11) is 1.60. The van der Waals surface area contributed by atoms with Gasteiger partial charge in [0.25, 0.3) is 5.56 Å². The largest absolute Gasteiger partial charge is 0.497 e. The molecule has 1 aliphatic carbocycles. The Bertz CT molecular complexity index is 1720. The van der Waals surface area contributed by atoms with Crippen LogP contribution >= 0.6 is 34.7 Å². The molecule has 0 saturated heterocycles. The number of nitrogens with zero attached hydrogens (tertiary/aromatic N) is 4. The normalized spacial score (nSPS) is 15.1. The number of amides is 1. The molecule has 0 radical (unpaired) electrons. The van der Waals surface area contributed by atoms with E-state index in [0.29, 0.717) is 38.6 Å². The smallest absolute Gasteiger partial charge is 0.268 e. The van der Waals surface area contributed by atoms with E-state index in [1.807, 2.05) is 4.40 Å². The van der Waals surface area contributed by atoms with Gasteiger partial charge in [0.2, 0.25) is 11.7 Å². The third-order valence-electron chi connectivity index (χ3n) is 6.72. The lowest BCUT2D eigenvalue weighted by molar-refractivity contribution is -0.113. The second-order valence-corrected chi connectivity index (χ2v) is 11.8. The zero-order valence-electron chi connectivity index (χ0n) is 20.7. The molecule has 0 unspecified atom stereocenters. The molecule has 1 N–H and O–H groups in total. The Morgan fingerprint density at radius 3 is 2.68 bits per heavy atom. The Morgan fingerprint density at radius 2 is 1.95 bits per heavy atom. The van der Waals surface area contributed by atoms with E-state index in [1.165, 1.54) is 16.6 Å². The highest BCUT2D eigenvalue weighted by atomic mass is 35.5. The fourth-order valence-corrected chi connectivity index (χ4v) is 7.08. The standard InChI is InChI=1S/C27H24ClN5O3S2/c1-15-3-12-21-20(13-15)23-24(35)32(18-8-4-16(28)5-9-18)26-30-31-27(33(26)25(23)38-21)37-14-22(34)29-17-6-10-19(36-2)11-7-17/h4-11,15H,3,12-14H2,1-2H3,(H,29,34)/t15-/m1/s1. The number of carbonyl (C=O) groups is 1. The number of methoxy groups -OCH3 is 1. The second kappa shape index (κ2) is 10.1. The average Bonchev–Trinajstić information content (AvgIpc) is 3.50. The van der Waals surface area contributed by atoms with Crippen LogP contribution in [0.25, 0.3) is 21.7 Å². The zero-order valence-corrected chi connectivity index (χ0v) is 23.1. The predicted octanol–water partition coefficient (Wildman–Crippen LogP) is 5.61. The number of hydrogen-bond donors (Lipinski definition) is 1. The van der Waals surface area contributed by atoms with Crippen molar-refractivity contribution < 1.29 is 9.53 Å².